The number of hydrogen-bond donors (Lipinski definition) is 2. The molecule has 0 aromatic carbocycles. The van der Waals surface area contributed by atoms with E-state index in [-0.39, 0.29) is 23.5 Å². The van der Waals surface area contributed by atoms with E-state index in [1.807, 2.05) is 0 Å². The number of aromatic nitrogens is 2. The average Bonchev–Trinajstić information content (AvgIpc) is 3.35. The molecule has 7 heteroatoms. The lowest BCUT2D eigenvalue weighted by Gasteiger charge is -2.57. The first-order valence-electron chi connectivity index (χ1n) is 12.0. The zero-order valence-corrected chi connectivity index (χ0v) is 18.8. The van der Waals surface area contributed by atoms with Crippen molar-refractivity contribution < 1.29 is 14.5 Å². The van der Waals surface area contributed by atoms with Gasteiger partial charge in [-0.1, -0.05) is 29.7 Å². The fraction of sp³-hybridized carbons (Fsp3) is 0.792. The number of allylic oxidation sites excluding steroid dienone is 2. The van der Waals surface area contributed by atoms with Gasteiger partial charge in [-0.2, -0.15) is 4.98 Å². The largest absolute Gasteiger partial charge is 0.395 e. The maximum Gasteiger partial charge on any atom is 0.230 e. The molecule has 0 spiro atoms. The second kappa shape index (κ2) is 8.00. The Balaban J connectivity index is 1.24. The standard InChI is InChI=1S/C24H36N4O3/c1-23-10-7-16(27-30-12-9-22-26-21(14-25)28-31-22)13-15(23)3-4-17-18-5-6-20(29)24(18,2)11-8-19(17)23/h13,17-20,29H,3-12,14,25H2,1-2H3. The molecule has 3 fully saturated rings. The van der Waals surface area contributed by atoms with Gasteiger partial charge in [0, 0.05) is 0 Å². The van der Waals surface area contributed by atoms with E-state index >= 15 is 0 Å². The molecule has 1 aromatic rings. The Morgan fingerprint density at radius 1 is 1.19 bits per heavy atom. The lowest BCUT2D eigenvalue weighted by molar-refractivity contribution is -0.0722. The Morgan fingerprint density at radius 2 is 2.06 bits per heavy atom. The highest BCUT2D eigenvalue weighted by molar-refractivity contribution is 5.96. The molecular weight excluding hydrogens is 392 g/mol. The number of hydrogen-bond acceptors (Lipinski definition) is 7. The molecule has 3 saturated carbocycles. The summed E-state index contributed by atoms with van der Waals surface area (Å²) in [4.78, 5) is 9.77. The van der Waals surface area contributed by atoms with Crippen molar-refractivity contribution in [2.45, 2.75) is 84.3 Å². The Hall–Kier alpha value is -1.73. The Bertz CT molecular complexity index is 880. The topological polar surface area (TPSA) is 107 Å². The minimum Gasteiger partial charge on any atom is -0.395 e. The van der Waals surface area contributed by atoms with E-state index in [4.69, 9.17) is 15.1 Å². The number of nitrogens with two attached hydrogens (primary N) is 1. The SMILES string of the molecule is CC12CCC(=NOCCc3nc(CN)no3)C=C1CCC1C2CCC2(C)C(O)CCC12. The van der Waals surface area contributed by atoms with E-state index in [0.717, 1.165) is 43.2 Å². The Morgan fingerprint density at radius 3 is 2.87 bits per heavy atom. The van der Waals surface area contributed by atoms with Gasteiger partial charge in [-0.3, -0.25) is 0 Å². The molecule has 0 amide bonds. The van der Waals surface area contributed by atoms with Crippen molar-refractivity contribution in [3.63, 3.8) is 0 Å². The predicted octanol–water partition coefficient (Wildman–Crippen LogP) is 3.77. The van der Waals surface area contributed by atoms with Gasteiger partial charge in [0.25, 0.3) is 0 Å². The lowest BCUT2D eigenvalue weighted by atomic mass is 9.47. The molecule has 1 aromatic heterocycles. The highest BCUT2D eigenvalue weighted by atomic mass is 16.6. The molecule has 6 atom stereocenters. The van der Waals surface area contributed by atoms with Crippen molar-refractivity contribution in [2.75, 3.05) is 6.61 Å². The Kier molecular flexibility index (Phi) is 5.45. The van der Waals surface area contributed by atoms with Crippen LogP contribution in [0.2, 0.25) is 0 Å². The highest BCUT2D eigenvalue weighted by Crippen LogP contribution is 2.65. The molecule has 0 aliphatic heterocycles. The summed E-state index contributed by atoms with van der Waals surface area (Å²) < 4.78 is 5.13. The molecule has 0 bridgehead atoms. The summed E-state index contributed by atoms with van der Waals surface area (Å²) in [6.07, 6.45) is 11.9. The first-order chi connectivity index (χ1) is 14.9. The quantitative estimate of drug-likeness (QED) is 0.546. The average molecular weight is 429 g/mol. The van der Waals surface area contributed by atoms with E-state index < -0.39 is 0 Å². The van der Waals surface area contributed by atoms with Crippen LogP contribution in [-0.2, 0) is 17.8 Å². The molecule has 31 heavy (non-hydrogen) atoms. The van der Waals surface area contributed by atoms with Gasteiger partial charge in [0.2, 0.25) is 5.89 Å². The maximum absolute atomic E-state index is 10.6. The predicted molar refractivity (Wildman–Crippen MR) is 117 cm³/mol. The molecule has 170 valence electrons. The van der Waals surface area contributed by atoms with Gasteiger partial charge < -0.3 is 20.2 Å². The molecule has 6 unspecified atom stereocenters. The minimum absolute atomic E-state index is 0.0977. The molecular formula is C24H36N4O3. The molecule has 3 N–H and O–H groups in total. The zero-order chi connectivity index (χ0) is 21.6. The highest BCUT2D eigenvalue weighted by Gasteiger charge is 2.58. The van der Waals surface area contributed by atoms with Crippen LogP contribution < -0.4 is 5.73 Å². The molecule has 0 radical (unpaired) electrons. The van der Waals surface area contributed by atoms with Crippen LogP contribution in [0.25, 0.3) is 0 Å². The van der Waals surface area contributed by atoms with Crippen molar-refractivity contribution in [3.8, 4) is 0 Å². The smallest absolute Gasteiger partial charge is 0.230 e. The van der Waals surface area contributed by atoms with Crippen molar-refractivity contribution in [3.05, 3.63) is 23.4 Å². The molecule has 4 aliphatic rings. The van der Waals surface area contributed by atoms with Crippen molar-refractivity contribution >= 4 is 5.71 Å². The second-order valence-corrected chi connectivity index (χ2v) is 10.6. The van der Waals surface area contributed by atoms with Crippen LogP contribution >= 0.6 is 0 Å². The molecule has 0 saturated heterocycles. The summed E-state index contributed by atoms with van der Waals surface area (Å²) in [5, 5.41) is 18.8. The summed E-state index contributed by atoms with van der Waals surface area (Å²) in [5.41, 5.74) is 8.55. The van der Waals surface area contributed by atoms with E-state index in [9.17, 15) is 5.11 Å². The van der Waals surface area contributed by atoms with Gasteiger partial charge >= 0.3 is 0 Å². The number of fused-ring (bicyclic) bond motifs is 5. The van der Waals surface area contributed by atoms with Crippen molar-refractivity contribution in [1.82, 2.24) is 10.1 Å². The van der Waals surface area contributed by atoms with Crippen LogP contribution in [0.15, 0.2) is 21.3 Å². The summed E-state index contributed by atoms with van der Waals surface area (Å²) >= 11 is 0. The molecule has 5 rings (SSSR count). The fourth-order valence-corrected chi connectivity index (χ4v) is 7.35. The van der Waals surface area contributed by atoms with Gasteiger partial charge in [0.05, 0.1) is 24.8 Å². The third-order valence-electron chi connectivity index (χ3n) is 9.21. The first kappa shape index (κ1) is 21.1. The van der Waals surface area contributed by atoms with Crippen LogP contribution in [-0.4, -0.2) is 33.7 Å². The van der Waals surface area contributed by atoms with Gasteiger partial charge in [-0.05, 0) is 86.0 Å². The fourth-order valence-electron chi connectivity index (χ4n) is 7.35. The summed E-state index contributed by atoms with van der Waals surface area (Å²) in [6, 6.07) is 0. The van der Waals surface area contributed by atoms with Crippen LogP contribution in [0.3, 0.4) is 0 Å². The van der Waals surface area contributed by atoms with E-state index in [1.165, 1.54) is 25.7 Å². The number of oxime groups is 1. The van der Waals surface area contributed by atoms with Gasteiger partial charge in [-0.25, -0.2) is 0 Å². The van der Waals surface area contributed by atoms with Gasteiger partial charge in [-0.15, -0.1) is 0 Å². The maximum atomic E-state index is 10.6. The van der Waals surface area contributed by atoms with E-state index in [2.05, 4.69) is 35.2 Å². The normalized spacial score (nSPS) is 40.8. The number of aliphatic hydroxyl groups is 1. The van der Waals surface area contributed by atoms with Crippen molar-refractivity contribution in [2.24, 2.45) is 39.5 Å². The van der Waals surface area contributed by atoms with Crippen LogP contribution in [0.1, 0.15) is 76.9 Å². The summed E-state index contributed by atoms with van der Waals surface area (Å²) in [6.45, 7) is 5.55. The third-order valence-corrected chi connectivity index (χ3v) is 9.21. The summed E-state index contributed by atoms with van der Waals surface area (Å²) in [7, 11) is 0. The number of aliphatic hydroxyl groups excluding tert-OH is 1. The second-order valence-electron chi connectivity index (χ2n) is 10.6. The van der Waals surface area contributed by atoms with Crippen LogP contribution in [0, 0.1) is 28.6 Å². The van der Waals surface area contributed by atoms with E-state index in [0.29, 0.717) is 30.7 Å². The van der Waals surface area contributed by atoms with Gasteiger partial charge in [0.15, 0.2) is 5.82 Å². The van der Waals surface area contributed by atoms with Gasteiger partial charge in [0.1, 0.15) is 6.61 Å². The summed E-state index contributed by atoms with van der Waals surface area (Å²) in [5.74, 6) is 3.26. The Labute approximate surface area is 184 Å². The monoisotopic (exact) mass is 428 g/mol. The lowest BCUT2D eigenvalue weighted by Crippen LogP contribution is -2.51. The van der Waals surface area contributed by atoms with Crippen molar-refractivity contribution in [1.29, 1.82) is 0 Å². The third kappa shape index (κ3) is 3.54. The first-order valence-corrected chi connectivity index (χ1v) is 12.0. The number of rotatable bonds is 5. The minimum atomic E-state index is -0.0977. The van der Waals surface area contributed by atoms with E-state index in [1.54, 1.807) is 5.57 Å². The molecule has 7 nitrogen and oxygen atoms in total. The molecule has 1 heterocycles. The zero-order valence-electron chi connectivity index (χ0n) is 18.8. The number of nitrogens with zero attached hydrogens (tertiary/aromatic N) is 3. The van der Waals surface area contributed by atoms with Crippen LogP contribution in [0.5, 0.6) is 0 Å². The molecule has 4 aliphatic carbocycles. The van der Waals surface area contributed by atoms with Crippen LogP contribution in [0.4, 0.5) is 0 Å².